The van der Waals surface area contributed by atoms with Gasteiger partial charge in [0.25, 0.3) is 5.91 Å². The van der Waals surface area contributed by atoms with Gasteiger partial charge in [0.15, 0.2) is 6.61 Å². The molecular weight excluding hydrogens is 410 g/mol. The summed E-state index contributed by atoms with van der Waals surface area (Å²) < 4.78 is 5.52. The summed E-state index contributed by atoms with van der Waals surface area (Å²) in [5.41, 5.74) is 3.71. The fraction of sp³-hybridized carbons (Fsp3) is 0.348. The quantitative estimate of drug-likeness (QED) is 0.330. The van der Waals surface area contributed by atoms with Crippen LogP contribution in [0, 0.1) is 0 Å². The molecular formula is C23H27N5O4. The van der Waals surface area contributed by atoms with E-state index in [1.807, 2.05) is 0 Å². The highest BCUT2D eigenvalue weighted by atomic mass is 16.5. The normalized spacial score (nSPS) is 14.0. The molecule has 1 aliphatic rings. The van der Waals surface area contributed by atoms with E-state index in [-0.39, 0.29) is 25.1 Å². The lowest BCUT2D eigenvalue weighted by atomic mass is 9.95. The molecule has 0 bridgehead atoms. The topological polar surface area (TPSA) is 122 Å². The third-order valence-corrected chi connectivity index (χ3v) is 5.01. The first-order valence-corrected chi connectivity index (χ1v) is 10.6. The fourth-order valence-corrected chi connectivity index (χ4v) is 3.29. The van der Waals surface area contributed by atoms with Crippen LogP contribution in [0.2, 0.25) is 0 Å². The van der Waals surface area contributed by atoms with E-state index in [0.717, 1.165) is 31.2 Å². The maximum atomic E-state index is 12.0. The number of hydrogen-bond acceptors (Lipinski definition) is 6. The van der Waals surface area contributed by atoms with Crippen molar-refractivity contribution in [2.24, 2.45) is 5.10 Å². The lowest BCUT2D eigenvalue weighted by Crippen LogP contribution is -2.38. The second kappa shape index (κ2) is 12.2. The summed E-state index contributed by atoms with van der Waals surface area (Å²) in [6, 6.07) is 10.6. The Morgan fingerprint density at radius 1 is 1.00 bits per heavy atom. The summed E-state index contributed by atoms with van der Waals surface area (Å²) >= 11 is 0. The smallest absolute Gasteiger partial charge is 0.329 e. The molecule has 1 heterocycles. The molecule has 0 radical (unpaired) electrons. The first kappa shape index (κ1) is 22.9. The zero-order chi connectivity index (χ0) is 22.6. The van der Waals surface area contributed by atoms with Crippen LogP contribution in [0.15, 0.2) is 53.9 Å². The molecule has 1 aromatic carbocycles. The van der Waals surface area contributed by atoms with Gasteiger partial charge in [-0.1, -0.05) is 19.3 Å². The Morgan fingerprint density at radius 3 is 2.44 bits per heavy atom. The Kier molecular flexibility index (Phi) is 8.73. The van der Waals surface area contributed by atoms with E-state index < -0.39 is 11.8 Å². The van der Waals surface area contributed by atoms with Crippen LogP contribution in [-0.2, 0) is 20.9 Å². The van der Waals surface area contributed by atoms with Crippen molar-refractivity contribution >= 4 is 23.9 Å². The molecule has 3 rings (SSSR count). The maximum Gasteiger partial charge on any atom is 0.329 e. The first-order chi connectivity index (χ1) is 15.6. The predicted molar refractivity (Wildman–Crippen MR) is 119 cm³/mol. The molecule has 1 aliphatic carbocycles. The van der Waals surface area contributed by atoms with Crippen LogP contribution in [0.5, 0.6) is 5.75 Å². The highest BCUT2D eigenvalue weighted by molar-refractivity contribution is 6.35. The van der Waals surface area contributed by atoms with E-state index >= 15 is 0 Å². The molecule has 32 heavy (non-hydrogen) atoms. The highest BCUT2D eigenvalue weighted by Gasteiger charge is 2.16. The average Bonchev–Trinajstić information content (AvgIpc) is 2.83. The second-order valence-electron chi connectivity index (χ2n) is 7.50. The van der Waals surface area contributed by atoms with E-state index in [4.69, 9.17) is 4.74 Å². The minimum atomic E-state index is -0.862. The molecule has 1 aromatic heterocycles. The summed E-state index contributed by atoms with van der Waals surface area (Å²) in [6.45, 7) is 0.188. The minimum Gasteiger partial charge on any atom is -0.484 e. The number of amides is 3. The van der Waals surface area contributed by atoms with Crippen LogP contribution in [0.4, 0.5) is 0 Å². The fourth-order valence-electron chi connectivity index (χ4n) is 3.29. The summed E-state index contributed by atoms with van der Waals surface area (Å²) in [6.07, 6.45) is 10.2. The van der Waals surface area contributed by atoms with E-state index in [2.05, 4.69) is 26.1 Å². The van der Waals surface area contributed by atoms with Gasteiger partial charge in [-0.25, -0.2) is 5.43 Å². The van der Waals surface area contributed by atoms with Gasteiger partial charge >= 0.3 is 11.8 Å². The Hall–Kier alpha value is -3.75. The molecule has 1 fully saturated rings. The van der Waals surface area contributed by atoms with Crippen molar-refractivity contribution in [3.8, 4) is 5.75 Å². The van der Waals surface area contributed by atoms with Gasteiger partial charge in [-0.3, -0.25) is 19.4 Å². The summed E-state index contributed by atoms with van der Waals surface area (Å²) in [5, 5.41) is 9.29. The van der Waals surface area contributed by atoms with Crippen molar-refractivity contribution in [3.05, 3.63) is 59.9 Å². The van der Waals surface area contributed by atoms with Crippen molar-refractivity contribution in [1.29, 1.82) is 0 Å². The van der Waals surface area contributed by atoms with Crippen LogP contribution in [0.25, 0.3) is 0 Å². The van der Waals surface area contributed by atoms with Crippen LogP contribution >= 0.6 is 0 Å². The number of benzene rings is 1. The van der Waals surface area contributed by atoms with E-state index in [1.165, 1.54) is 12.6 Å². The third-order valence-electron chi connectivity index (χ3n) is 5.01. The van der Waals surface area contributed by atoms with Crippen molar-refractivity contribution in [2.75, 3.05) is 6.61 Å². The number of nitrogens with one attached hydrogen (secondary N) is 3. The SMILES string of the molecule is O=C(COc1ccc(C=NNC(=O)C(=O)NCc2ccncc2)cc1)NC1CCCCC1. The zero-order valence-corrected chi connectivity index (χ0v) is 17.8. The molecule has 2 aromatic rings. The average molecular weight is 438 g/mol. The molecule has 0 atom stereocenters. The summed E-state index contributed by atoms with van der Waals surface area (Å²) in [5.74, 6) is -1.21. The predicted octanol–water partition coefficient (Wildman–Crippen LogP) is 1.68. The number of ether oxygens (including phenoxy) is 1. The van der Waals surface area contributed by atoms with Crippen molar-refractivity contribution in [3.63, 3.8) is 0 Å². The number of pyridine rings is 1. The maximum absolute atomic E-state index is 12.0. The Morgan fingerprint density at radius 2 is 1.72 bits per heavy atom. The first-order valence-electron chi connectivity index (χ1n) is 10.6. The Labute approximate surface area is 186 Å². The molecule has 9 nitrogen and oxygen atoms in total. The van der Waals surface area contributed by atoms with Gasteiger partial charge in [0.05, 0.1) is 6.21 Å². The second-order valence-corrected chi connectivity index (χ2v) is 7.50. The van der Waals surface area contributed by atoms with Gasteiger partial charge in [0.2, 0.25) is 0 Å². The molecule has 0 unspecified atom stereocenters. The van der Waals surface area contributed by atoms with Crippen LogP contribution in [0.3, 0.4) is 0 Å². The zero-order valence-electron chi connectivity index (χ0n) is 17.8. The molecule has 0 spiro atoms. The molecule has 3 N–H and O–H groups in total. The van der Waals surface area contributed by atoms with Crippen molar-refractivity contribution < 1.29 is 19.1 Å². The lowest BCUT2D eigenvalue weighted by Gasteiger charge is -2.22. The van der Waals surface area contributed by atoms with E-state index in [1.54, 1.807) is 48.8 Å². The molecule has 1 saturated carbocycles. The number of rotatable bonds is 8. The Balaban J connectivity index is 1.36. The largest absolute Gasteiger partial charge is 0.484 e. The van der Waals surface area contributed by atoms with E-state index in [0.29, 0.717) is 11.3 Å². The standard InChI is InChI=1S/C23H27N5O4/c29-21(27-19-4-2-1-3-5-19)16-32-20-8-6-17(7-9-20)15-26-28-23(31)22(30)25-14-18-10-12-24-13-11-18/h6-13,15,19H,1-5,14,16H2,(H,25,30)(H,27,29)(H,28,31). The van der Waals surface area contributed by atoms with E-state index in [9.17, 15) is 14.4 Å². The molecule has 0 aliphatic heterocycles. The molecule has 168 valence electrons. The number of hydrazone groups is 1. The molecule has 9 heteroatoms. The Bertz CT molecular complexity index is 925. The number of carbonyl (C=O) groups excluding carboxylic acids is 3. The summed E-state index contributed by atoms with van der Waals surface area (Å²) in [7, 11) is 0. The van der Waals surface area contributed by atoms with Gasteiger partial charge < -0.3 is 15.4 Å². The van der Waals surface area contributed by atoms with Gasteiger partial charge in [0, 0.05) is 25.0 Å². The number of carbonyl (C=O) groups is 3. The monoisotopic (exact) mass is 437 g/mol. The minimum absolute atomic E-state index is 0.0331. The van der Waals surface area contributed by atoms with Crippen LogP contribution in [0.1, 0.15) is 43.2 Å². The highest BCUT2D eigenvalue weighted by Crippen LogP contribution is 2.17. The third kappa shape index (κ3) is 7.82. The van der Waals surface area contributed by atoms with Crippen molar-refractivity contribution in [1.82, 2.24) is 21.0 Å². The number of nitrogens with zero attached hydrogens (tertiary/aromatic N) is 2. The number of aromatic nitrogens is 1. The van der Waals surface area contributed by atoms with Gasteiger partial charge in [-0.2, -0.15) is 5.10 Å². The summed E-state index contributed by atoms with van der Waals surface area (Å²) in [4.78, 5) is 39.5. The van der Waals surface area contributed by atoms with Crippen molar-refractivity contribution in [2.45, 2.75) is 44.7 Å². The van der Waals surface area contributed by atoms with Gasteiger partial charge in [-0.05, 0) is 60.4 Å². The number of hydrogen-bond donors (Lipinski definition) is 3. The van der Waals surface area contributed by atoms with Crippen LogP contribution < -0.4 is 20.8 Å². The van der Waals surface area contributed by atoms with Gasteiger partial charge in [0.1, 0.15) is 5.75 Å². The van der Waals surface area contributed by atoms with Gasteiger partial charge in [-0.15, -0.1) is 0 Å². The van der Waals surface area contributed by atoms with Crippen LogP contribution in [-0.4, -0.2) is 41.6 Å². The molecule has 3 amide bonds. The lowest BCUT2D eigenvalue weighted by molar-refractivity contribution is -0.139. The molecule has 0 saturated heterocycles.